The summed E-state index contributed by atoms with van der Waals surface area (Å²) >= 11 is 0. The molecule has 0 heteroatoms. The molecule has 0 aromatic carbocycles. The Kier molecular flexibility index (Phi) is 6.51. The first-order chi connectivity index (χ1) is 13.8. The van der Waals surface area contributed by atoms with Gasteiger partial charge in [-0.15, -0.1) is 0 Å². The minimum atomic E-state index is 0.669. The van der Waals surface area contributed by atoms with Crippen LogP contribution in [-0.2, 0) is 0 Å². The van der Waals surface area contributed by atoms with Crippen LogP contribution in [0.4, 0.5) is 0 Å². The SMILES string of the molecule is CC[C@H]1CCC2(C)C3CCC4(C)C(CCC4[C@H](C)CCCC(C)C)C3CC[C@H]2C1. The Morgan fingerprint density at radius 3 is 2.24 bits per heavy atom. The van der Waals surface area contributed by atoms with E-state index in [1.165, 1.54) is 32.1 Å². The van der Waals surface area contributed by atoms with Crippen LogP contribution in [-0.4, -0.2) is 0 Å². The second kappa shape index (κ2) is 8.50. The molecule has 4 rings (SSSR count). The Labute approximate surface area is 183 Å². The van der Waals surface area contributed by atoms with Gasteiger partial charge < -0.3 is 0 Å². The van der Waals surface area contributed by atoms with Gasteiger partial charge in [0, 0.05) is 0 Å². The third-order valence-electron chi connectivity index (χ3n) is 11.6. The summed E-state index contributed by atoms with van der Waals surface area (Å²) in [6.07, 6.45) is 19.8. The standard InChI is InChI=1S/C29H52/c1-7-22-15-17-28(5)23(19-22)11-12-24-26-14-13-25(21(4)10-8-9-20(2)3)29(26,6)18-16-27(24)28/h20-27H,7-19H2,1-6H3/t21-,22+,23+,24?,25?,26?,27?,28?,29?/m1/s1. The van der Waals surface area contributed by atoms with Crippen molar-refractivity contribution in [3.63, 3.8) is 0 Å². The van der Waals surface area contributed by atoms with Crippen LogP contribution < -0.4 is 0 Å². The second-order valence-corrected chi connectivity index (χ2v) is 13.2. The van der Waals surface area contributed by atoms with E-state index in [1.54, 1.807) is 51.4 Å². The maximum atomic E-state index is 2.76. The Hall–Kier alpha value is 0. The van der Waals surface area contributed by atoms with Crippen LogP contribution in [0.25, 0.3) is 0 Å². The number of hydrogen-bond donors (Lipinski definition) is 0. The van der Waals surface area contributed by atoms with Crippen LogP contribution in [0, 0.1) is 58.2 Å². The monoisotopic (exact) mass is 400 g/mol. The van der Waals surface area contributed by atoms with Gasteiger partial charge in [0.15, 0.2) is 0 Å². The molecule has 0 nitrogen and oxygen atoms in total. The van der Waals surface area contributed by atoms with E-state index in [-0.39, 0.29) is 0 Å². The average Bonchev–Trinajstić information content (AvgIpc) is 3.04. The van der Waals surface area contributed by atoms with Crippen molar-refractivity contribution in [1.82, 2.24) is 0 Å². The van der Waals surface area contributed by atoms with Gasteiger partial charge in [-0.1, -0.05) is 67.2 Å². The molecule has 0 aromatic rings. The van der Waals surface area contributed by atoms with Crippen molar-refractivity contribution in [3.8, 4) is 0 Å². The van der Waals surface area contributed by atoms with Crippen molar-refractivity contribution in [2.45, 2.75) is 125 Å². The molecule has 168 valence electrons. The molecule has 4 aliphatic rings. The lowest BCUT2D eigenvalue weighted by Gasteiger charge is -2.61. The fraction of sp³-hybridized carbons (Fsp3) is 1.00. The van der Waals surface area contributed by atoms with Crippen LogP contribution in [0.2, 0.25) is 0 Å². The van der Waals surface area contributed by atoms with Gasteiger partial charge in [0.2, 0.25) is 0 Å². The second-order valence-electron chi connectivity index (χ2n) is 13.2. The van der Waals surface area contributed by atoms with E-state index in [2.05, 4.69) is 41.5 Å². The normalized spacial score (nSPS) is 48.1. The van der Waals surface area contributed by atoms with Crippen LogP contribution >= 0.6 is 0 Å². The smallest absolute Gasteiger partial charge is 0.0264 e. The van der Waals surface area contributed by atoms with Crippen LogP contribution in [0.3, 0.4) is 0 Å². The number of rotatable bonds is 6. The fourth-order valence-electron chi connectivity index (χ4n) is 9.74. The molecule has 29 heavy (non-hydrogen) atoms. The molecule has 0 aromatic heterocycles. The van der Waals surface area contributed by atoms with Crippen molar-refractivity contribution in [1.29, 1.82) is 0 Å². The Balaban J connectivity index is 1.45. The lowest BCUT2D eigenvalue weighted by atomic mass is 9.44. The van der Waals surface area contributed by atoms with Gasteiger partial charge in [0.25, 0.3) is 0 Å². The van der Waals surface area contributed by atoms with Crippen molar-refractivity contribution in [2.24, 2.45) is 58.2 Å². The average molecular weight is 401 g/mol. The largest absolute Gasteiger partial charge is 0.0651 e. The summed E-state index contributed by atoms with van der Waals surface area (Å²) in [6, 6.07) is 0. The van der Waals surface area contributed by atoms with Gasteiger partial charge in [0.05, 0.1) is 0 Å². The third-order valence-corrected chi connectivity index (χ3v) is 11.6. The van der Waals surface area contributed by atoms with E-state index in [4.69, 9.17) is 0 Å². The molecule has 6 unspecified atom stereocenters. The maximum absolute atomic E-state index is 2.76. The maximum Gasteiger partial charge on any atom is -0.0264 e. The lowest BCUT2D eigenvalue weighted by molar-refractivity contribution is -0.121. The summed E-state index contributed by atoms with van der Waals surface area (Å²) in [7, 11) is 0. The van der Waals surface area contributed by atoms with Crippen LogP contribution in [0.15, 0.2) is 0 Å². The van der Waals surface area contributed by atoms with Crippen LogP contribution in [0.1, 0.15) is 125 Å². The van der Waals surface area contributed by atoms with Gasteiger partial charge in [-0.2, -0.15) is 0 Å². The third kappa shape index (κ3) is 3.86. The first-order valence-electron chi connectivity index (χ1n) is 13.8. The van der Waals surface area contributed by atoms with Crippen molar-refractivity contribution < 1.29 is 0 Å². The topological polar surface area (TPSA) is 0 Å². The summed E-state index contributed by atoms with van der Waals surface area (Å²) in [5.74, 6) is 8.13. The molecule has 0 heterocycles. The predicted octanol–water partition coefficient (Wildman–Crippen LogP) is 9.13. The van der Waals surface area contributed by atoms with E-state index in [9.17, 15) is 0 Å². The Morgan fingerprint density at radius 2 is 1.52 bits per heavy atom. The number of hydrogen-bond acceptors (Lipinski definition) is 0. The molecule has 0 radical (unpaired) electrons. The zero-order valence-corrected chi connectivity index (χ0v) is 20.8. The quantitative estimate of drug-likeness (QED) is 0.417. The highest BCUT2D eigenvalue weighted by Gasteiger charge is 2.60. The summed E-state index contributed by atoms with van der Waals surface area (Å²) in [5, 5.41) is 0. The highest BCUT2D eigenvalue weighted by Crippen LogP contribution is 2.68. The van der Waals surface area contributed by atoms with E-state index in [1.807, 2.05) is 0 Å². The van der Waals surface area contributed by atoms with Gasteiger partial charge in [-0.3, -0.25) is 0 Å². The number of fused-ring (bicyclic) bond motifs is 5. The van der Waals surface area contributed by atoms with E-state index >= 15 is 0 Å². The lowest BCUT2D eigenvalue weighted by Crippen LogP contribution is -2.53. The molecule has 0 N–H and O–H groups in total. The van der Waals surface area contributed by atoms with Crippen LogP contribution in [0.5, 0.6) is 0 Å². The zero-order valence-electron chi connectivity index (χ0n) is 20.8. The molecule has 4 aliphatic carbocycles. The predicted molar refractivity (Wildman–Crippen MR) is 127 cm³/mol. The Morgan fingerprint density at radius 1 is 0.793 bits per heavy atom. The van der Waals surface area contributed by atoms with Crippen molar-refractivity contribution >= 4 is 0 Å². The molecular formula is C29H52. The van der Waals surface area contributed by atoms with Gasteiger partial charge in [-0.25, -0.2) is 0 Å². The molecule has 4 fully saturated rings. The summed E-state index contributed by atoms with van der Waals surface area (Å²) in [5.41, 5.74) is 1.36. The van der Waals surface area contributed by atoms with Gasteiger partial charge in [0.1, 0.15) is 0 Å². The molecular weight excluding hydrogens is 348 g/mol. The fourth-order valence-corrected chi connectivity index (χ4v) is 9.74. The first kappa shape index (κ1) is 22.2. The highest BCUT2D eigenvalue weighted by molar-refractivity contribution is 5.09. The minimum absolute atomic E-state index is 0.669. The van der Waals surface area contributed by atoms with Gasteiger partial charge in [-0.05, 0) is 116 Å². The summed E-state index contributed by atoms with van der Waals surface area (Å²) in [6.45, 7) is 15.4. The van der Waals surface area contributed by atoms with Gasteiger partial charge >= 0.3 is 0 Å². The molecule has 0 amide bonds. The van der Waals surface area contributed by atoms with E-state index in [0.29, 0.717) is 10.8 Å². The summed E-state index contributed by atoms with van der Waals surface area (Å²) < 4.78 is 0. The van der Waals surface area contributed by atoms with E-state index < -0.39 is 0 Å². The molecule has 0 saturated heterocycles. The zero-order chi connectivity index (χ0) is 20.8. The highest BCUT2D eigenvalue weighted by atomic mass is 14.6. The Bertz CT molecular complexity index is 548. The first-order valence-corrected chi connectivity index (χ1v) is 13.8. The van der Waals surface area contributed by atoms with Crippen molar-refractivity contribution in [2.75, 3.05) is 0 Å². The minimum Gasteiger partial charge on any atom is -0.0651 e. The molecule has 4 saturated carbocycles. The van der Waals surface area contributed by atoms with E-state index in [0.717, 1.165) is 47.3 Å². The molecule has 0 bridgehead atoms. The molecule has 0 aliphatic heterocycles. The summed E-state index contributed by atoms with van der Waals surface area (Å²) in [4.78, 5) is 0. The molecule has 9 atom stereocenters. The molecule has 0 spiro atoms. The van der Waals surface area contributed by atoms with Crippen molar-refractivity contribution in [3.05, 3.63) is 0 Å².